The zero-order valence-electron chi connectivity index (χ0n) is 12.7. The molecule has 0 aliphatic heterocycles. The fourth-order valence-corrected chi connectivity index (χ4v) is 2.09. The SMILES string of the molecule is Cc1ccccc1C(=O)OCC(=O)N(CC#N)c1ccccc1. The van der Waals surface area contributed by atoms with Crippen LogP contribution in [0.3, 0.4) is 0 Å². The zero-order chi connectivity index (χ0) is 16.7. The summed E-state index contributed by atoms with van der Waals surface area (Å²) in [6, 6.07) is 17.7. The molecule has 0 heterocycles. The lowest BCUT2D eigenvalue weighted by atomic mass is 10.1. The van der Waals surface area contributed by atoms with Gasteiger partial charge in [-0.15, -0.1) is 0 Å². The third-order valence-electron chi connectivity index (χ3n) is 3.29. The number of nitriles is 1. The van der Waals surface area contributed by atoms with Crippen molar-refractivity contribution < 1.29 is 14.3 Å². The molecule has 0 atom stereocenters. The predicted octanol–water partition coefficient (Wildman–Crippen LogP) is 2.71. The Kier molecular flexibility index (Phi) is 5.48. The van der Waals surface area contributed by atoms with Crippen LogP contribution in [-0.2, 0) is 9.53 Å². The number of esters is 1. The molecule has 2 aromatic carbocycles. The molecule has 0 fully saturated rings. The molecule has 5 nitrogen and oxygen atoms in total. The van der Waals surface area contributed by atoms with E-state index in [0.29, 0.717) is 11.3 Å². The van der Waals surface area contributed by atoms with E-state index in [2.05, 4.69) is 0 Å². The van der Waals surface area contributed by atoms with Gasteiger partial charge in [-0.25, -0.2) is 4.79 Å². The Morgan fingerprint density at radius 1 is 1.09 bits per heavy atom. The van der Waals surface area contributed by atoms with E-state index < -0.39 is 18.5 Å². The number of ether oxygens (including phenoxy) is 1. The van der Waals surface area contributed by atoms with Crippen LogP contribution >= 0.6 is 0 Å². The van der Waals surface area contributed by atoms with Gasteiger partial charge in [0.05, 0.1) is 11.6 Å². The van der Waals surface area contributed by atoms with Crippen molar-refractivity contribution in [3.8, 4) is 6.07 Å². The smallest absolute Gasteiger partial charge is 0.338 e. The molecule has 0 aliphatic carbocycles. The summed E-state index contributed by atoms with van der Waals surface area (Å²) in [5, 5.41) is 8.89. The van der Waals surface area contributed by atoms with Crippen LogP contribution in [-0.4, -0.2) is 25.0 Å². The Hall–Kier alpha value is -3.13. The Morgan fingerprint density at radius 3 is 2.39 bits per heavy atom. The van der Waals surface area contributed by atoms with Crippen LogP contribution in [0.4, 0.5) is 5.69 Å². The number of para-hydroxylation sites is 1. The minimum absolute atomic E-state index is 0.106. The lowest BCUT2D eigenvalue weighted by Crippen LogP contribution is -2.35. The van der Waals surface area contributed by atoms with E-state index in [1.54, 1.807) is 49.4 Å². The molecule has 5 heteroatoms. The number of rotatable bonds is 5. The van der Waals surface area contributed by atoms with Crippen molar-refractivity contribution in [2.75, 3.05) is 18.1 Å². The molecule has 0 N–H and O–H groups in total. The van der Waals surface area contributed by atoms with E-state index in [9.17, 15) is 9.59 Å². The first-order valence-electron chi connectivity index (χ1n) is 7.08. The molecular formula is C18H16N2O3. The highest BCUT2D eigenvalue weighted by Gasteiger charge is 2.18. The average molecular weight is 308 g/mol. The molecule has 0 aromatic heterocycles. The lowest BCUT2D eigenvalue weighted by Gasteiger charge is -2.19. The number of carbonyl (C=O) groups is 2. The van der Waals surface area contributed by atoms with Crippen LogP contribution in [0.1, 0.15) is 15.9 Å². The average Bonchev–Trinajstić information content (AvgIpc) is 2.58. The molecule has 0 radical (unpaired) electrons. The molecule has 0 spiro atoms. The maximum atomic E-state index is 12.3. The molecule has 0 bridgehead atoms. The van der Waals surface area contributed by atoms with Crippen LogP contribution in [0.2, 0.25) is 0 Å². The Morgan fingerprint density at radius 2 is 1.74 bits per heavy atom. The van der Waals surface area contributed by atoms with Crippen molar-refractivity contribution >= 4 is 17.6 Å². The molecule has 23 heavy (non-hydrogen) atoms. The van der Waals surface area contributed by atoms with Gasteiger partial charge < -0.3 is 4.74 Å². The highest BCUT2D eigenvalue weighted by molar-refractivity contribution is 5.97. The molecule has 2 rings (SSSR count). The van der Waals surface area contributed by atoms with Crippen molar-refractivity contribution in [3.05, 3.63) is 65.7 Å². The van der Waals surface area contributed by atoms with Gasteiger partial charge in [-0.2, -0.15) is 5.26 Å². The van der Waals surface area contributed by atoms with Gasteiger partial charge in [0.2, 0.25) is 0 Å². The molecule has 0 aliphatic rings. The second-order valence-corrected chi connectivity index (χ2v) is 4.86. The van der Waals surface area contributed by atoms with Gasteiger partial charge in [0.15, 0.2) is 6.61 Å². The van der Waals surface area contributed by atoms with Crippen LogP contribution in [0.5, 0.6) is 0 Å². The summed E-state index contributed by atoms with van der Waals surface area (Å²) < 4.78 is 5.08. The highest BCUT2D eigenvalue weighted by atomic mass is 16.5. The number of nitrogens with zero attached hydrogens (tertiary/aromatic N) is 2. The second kappa shape index (κ2) is 7.76. The van der Waals surface area contributed by atoms with Crippen molar-refractivity contribution in [2.45, 2.75) is 6.92 Å². The summed E-state index contributed by atoms with van der Waals surface area (Å²) in [6.45, 7) is 1.28. The lowest BCUT2D eigenvalue weighted by molar-refractivity contribution is -0.121. The summed E-state index contributed by atoms with van der Waals surface area (Å²) in [5.74, 6) is -0.999. The van der Waals surface area contributed by atoms with E-state index in [1.165, 1.54) is 4.90 Å². The number of anilines is 1. The van der Waals surface area contributed by atoms with E-state index in [4.69, 9.17) is 10.00 Å². The number of carbonyl (C=O) groups excluding carboxylic acids is 2. The van der Waals surface area contributed by atoms with Gasteiger partial charge >= 0.3 is 5.97 Å². The number of hydrogen-bond acceptors (Lipinski definition) is 4. The summed E-state index contributed by atoms with van der Waals surface area (Å²) in [6.07, 6.45) is 0. The van der Waals surface area contributed by atoms with Gasteiger partial charge in [0, 0.05) is 5.69 Å². The molecule has 2 aromatic rings. The summed E-state index contributed by atoms with van der Waals surface area (Å²) in [4.78, 5) is 25.6. The molecule has 116 valence electrons. The summed E-state index contributed by atoms with van der Waals surface area (Å²) in [5.41, 5.74) is 1.79. The van der Waals surface area contributed by atoms with Crippen LogP contribution in [0.25, 0.3) is 0 Å². The van der Waals surface area contributed by atoms with Crippen molar-refractivity contribution in [2.24, 2.45) is 0 Å². The monoisotopic (exact) mass is 308 g/mol. The van der Waals surface area contributed by atoms with Crippen LogP contribution in [0.15, 0.2) is 54.6 Å². The van der Waals surface area contributed by atoms with Gasteiger partial charge in [-0.1, -0.05) is 36.4 Å². The molecule has 0 unspecified atom stereocenters. The fourth-order valence-electron chi connectivity index (χ4n) is 2.09. The van der Waals surface area contributed by atoms with E-state index in [0.717, 1.165) is 5.56 Å². The third-order valence-corrected chi connectivity index (χ3v) is 3.29. The predicted molar refractivity (Wildman–Crippen MR) is 85.9 cm³/mol. The largest absolute Gasteiger partial charge is 0.452 e. The number of hydrogen-bond donors (Lipinski definition) is 0. The molecule has 0 saturated carbocycles. The van der Waals surface area contributed by atoms with Crippen LogP contribution < -0.4 is 4.90 Å². The normalized spacial score (nSPS) is 9.74. The number of benzene rings is 2. The van der Waals surface area contributed by atoms with Crippen molar-refractivity contribution in [1.29, 1.82) is 5.26 Å². The minimum atomic E-state index is -0.554. The third kappa shape index (κ3) is 4.17. The second-order valence-electron chi connectivity index (χ2n) is 4.86. The number of amides is 1. The van der Waals surface area contributed by atoms with Gasteiger partial charge in [0.25, 0.3) is 5.91 Å². The van der Waals surface area contributed by atoms with Crippen LogP contribution in [0, 0.1) is 18.3 Å². The number of aryl methyl sites for hydroxylation is 1. The van der Waals surface area contributed by atoms with Gasteiger partial charge in [0.1, 0.15) is 6.54 Å². The Balaban J connectivity index is 2.04. The van der Waals surface area contributed by atoms with E-state index in [1.807, 2.05) is 18.2 Å². The fraction of sp³-hybridized carbons (Fsp3) is 0.167. The first-order chi connectivity index (χ1) is 11.1. The first-order valence-corrected chi connectivity index (χ1v) is 7.08. The van der Waals surface area contributed by atoms with Crippen molar-refractivity contribution in [1.82, 2.24) is 0 Å². The topological polar surface area (TPSA) is 70.4 Å². The molecular weight excluding hydrogens is 292 g/mol. The Bertz CT molecular complexity index is 735. The minimum Gasteiger partial charge on any atom is -0.452 e. The first kappa shape index (κ1) is 16.2. The summed E-state index contributed by atoms with van der Waals surface area (Å²) in [7, 11) is 0. The molecule has 0 saturated heterocycles. The van der Waals surface area contributed by atoms with Crippen molar-refractivity contribution in [3.63, 3.8) is 0 Å². The van der Waals surface area contributed by atoms with E-state index >= 15 is 0 Å². The summed E-state index contributed by atoms with van der Waals surface area (Å²) >= 11 is 0. The zero-order valence-corrected chi connectivity index (χ0v) is 12.7. The maximum absolute atomic E-state index is 12.3. The standard InChI is InChI=1S/C18H16N2O3/c1-14-7-5-6-10-16(14)18(22)23-13-17(21)20(12-11-19)15-8-3-2-4-9-15/h2-10H,12-13H2,1H3. The maximum Gasteiger partial charge on any atom is 0.338 e. The van der Waals surface area contributed by atoms with E-state index in [-0.39, 0.29) is 6.54 Å². The highest BCUT2D eigenvalue weighted by Crippen LogP contribution is 2.14. The van der Waals surface area contributed by atoms with Gasteiger partial charge in [-0.3, -0.25) is 9.69 Å². The molecule has 1 amide bonds. The van der Waals surface area contributed by atoms with Gasteiger partial charge in [-0.05, 0) is 30.7 Å². The quantitative estimate of drug-likeness (QED) is 0.629. The Labute approximate surface area is 134 Å².